The van der Waals surface area contributed by atoms with E-state index in [4.69, 9.17) is 15.0 Å². The van der Waals surface area contributed by atoms with E-state index in [0.717, 1.165) is 11.1 Å². The monoisotopic (exact) mass is 219 g/mol. The van der Waals surface area contributed by atoms with E-state index in [0.29, 0.717) is 24.0 Å². The summed E-state index contributed by atoms with van der Waals surface area (Å²) < 4.78 is 10.1. The lowest BCUT2D eigenvalue weighted by Crippen LogP contribution is -1.91. The molecule has 0 aliphatic heterocycles. The van der Waals surface area contributed by atoms with E-state index in [1.54, 1.807) is 7.11 Å². The van der Waals surface area contributed by atoms with Crippen molar-refractivity contribution in [2.45, 2.75) is 13.5 Å². The Labute approximate surface area is 93.2 Å². The van der Waals surface area contributed by atoms with Crippen LogP contribution < -0.4 is 5.73 Å². The first-order chi connectivity index (χ1) is 7.70. The second-order valence-corrected chi connectivity index (χ2v) is 3.52. The summed E-state index contributed by atoms with van der Waals surface area (Å²) in [6, 6.07) is 5.58. The van der Waals surface area contributed by atoms with Crippen LogP contribution in [0.15, 0.2) is 22.7 Å². The number of nitrogens with zero attached hydrogens (tertiary/aromatic N) is 2. The Morgan fingerprint density at radius 3 is 3.00 bits per heavy atom. The highest BCUT2D eigenvalue weighted by Gasteiger charge is 2.11. The molecule has 0 amide bonds. The summed E-state index contributed by atoms with van der Waals surface area (Å²) in [7, 11) is 1.59. The van der Waals surface area contributed by atoms with E-state index in [1.807, 2.05) is 25.1 Å². The van der Waals surface area contributed by atoms with Crippen molar-refractivity contribution in [2.24, 2.45) is 0 Å². The quantitative estimate of drug-likeness (QED) is 0.796. The lowest BCUT2D eigenvalue weighted by molar-refractivity contribution is 0.174. The number of aromatic nitrogens is 2. The summed E-state index contributed by atoms with van der Waals surface area (Å²) in [4.78, 5) is 4.21. The summed E-state index contributed by atoms with van der Waals surface area (Å²) in [5.74, 6) is 0.996. The van der Waals surface area contributed by atoms with Crippen LogP contribution in [0.5, 0.6) is 0 Å². The van der Waals surface area contributed by atoms with E-state index in [-0.39, 0.29) is 0 Å². The maximum Gasteiger partial charge on any atom is 0.258 e. The van der Waals surface area contributed by atoms with Gasteiger partial charge in [0.15, 0.2) is 5.82 Å². The Morgan fingerprint density at radius 2 is 2.25 bits per heavy atom. The molecule has 5 nitrogen and oxygen atoms in total. The van der Waals surface area contributed by atoms with Crippen LogP contribution in [0.4, 0.5) is 5.69 Å². The second-order valence-electron chi connectivity index (χ2n) is 3.52. The van der Waals surface area contributed by atoms with E-state index < -0.39 is 0 Å². The van der Waals surface area contributed by atoms with Gasteiger partial charge in [-0.15, -0.1) is 0 Å². The minimum absolute atomic E-state index is 0.338. The second kappa shape index (κ2) is 4.32. The Hall–Kier alpha value is -1.88. The smallest absolute Gasteiger partial charge is 0.258 e. The average molecular weight is 219 g/mol. The Bertz CT molecular complexity index is 494. The highest BCUT2D eigenvalue weighted by atomic mass is 16.5. The SMILES string of the molecule is COCc1noc(-c2cc(N)ccc2C)n1. The van der Waals surface area contributed by atoms with Gasteiger partial charge in [-0.05, 0) is 24.6 Å². The van der Waals surface area contributed by atoms with Crippen LogP contribution >= 0.6 is 0 Å². The van der Waals surface area contributed by atoms with Crippen molar-refractivity contribution in [3.63, 3.8) is 0 Å². The van der Waals surface area contributed by atoms with E-state index in [1.165, 1.54) is 0 Å². The zero-order chi connectivity index (χ0) is 11.5. The molecular formula is C11H13N3O2. The zero-order valence-electron chi connectivity index (χ0n) is 9.23. The fourth-order valence-corrected chi connectivity index (χ4v) is 1.42. The fraction of sp³-hybridized carbons (Fsp3) is 0.273. The number of benzene rings is 1. The van der Waals surface area contributed by atoms with Crippen molar-refractivity contribution < 1.29 is 9.26 Å². The van der Waals surface area contributed by atoms with E-state index in [9.17, 15) is 0 Å². The molecule has 5 heteroatoms. The van der Waals surface area contributed by atoms with Gasteiger partial charge < -0.3 is 15.0 Å². The number of ether oxygens (including phenoxy) is 1. The topological polar surface area (TPSA) is 74.2 Å². The third-order valence-corrected chi connectivity index (χ3v) is 2.23. The number of hydrogen-bond donors (Lipinski definition) is 1. The molecular weight excluding hydrogens is 206 g/mol. The van der Waals surface area contributed by atoms with Crippen molar-refractivity contribution in [1.29, 1.82) is 0 Å². The largest absolute Gasteiger partial charge is 0.399 e. The van der Waals surface area contributed by atoms with Crippen LogP contribution in [-0.2, 0) is 11.3 Å². The summed E-state index contributed by atoms with van der Waals surface area (Å²) >= 11 is 0. The number of aryl methyl sites for hydroxylation is 1. The summed E-state index contributed by atoms with van der Waals surface area (Å²) in [6.45, 7) is 2.31. The number of anilines is 1. The first kappa shape index (κ1) is 10.6. The molecule has 0 unspecified atom stereocenters. The normalized spacial score (nSPS) is 10.6. The lowest BCUT2D eigenvalue weighted by Gasteiger charge is -2.01. The van der Waals surface area contributed by atoms with Gasteiger partial charge in [-0.3, -0.25) is 0 Å². The molecule has 16 heavy (non-hydrogen) atoms. The maximum atomic E-state index is 5.72. The van der Waals surface area contributed by atoms with Gasteiger partial charge in [0, 0.05) is 18.4 Å². The van der Waals surface area contributed by atoms with Gasteiger partial charge in [0.2, 0.25) is 0 Å². The molecule has 0 atom stereocenters. The van der Waals surface area contributed by atoms with Crippen LogP contribution in [0.25, 0.3) is 11.5 Å². The Kier molecular flexibility index (Phi) is 2.87. The number of hydrogen-bond acceptors (Lipinski definition) is 5. The van der Waals surface area contributed by atoms with Crippen LogP contribution in [0.2, 0.25) is 0 Å². The summed E-state index contributed by atoms with van der Waals surface area (Å²) in [6.07, 6.45) is 0. The van der Waals surface area contributed by atoms with Crippen molar-refractivity contribution in [3.8, 4) is 11.5 Å². The Balaban J connectivity index is 2.38. The molecule has 2 N–H and O–H groups in total. The van der Waals surface area contributed by atoms with Crippen LogP contribution in [-0.4, -0.2) is 17.3 Å². The molecule has 2 rings (SSSR count). The predicted molar refractivity (Wildman–Crippen MR) is 59.6 cm³/mol. The molecule has 1 heterocycles. The minimum Gasteiger partial charge on any atom is -0.399 e. The van der Waals surface area contributed by atoms with Crippen LogP contribution in [0.3, 0.4) is 0 Å². The third kappa shape index (κ3) is 2.04. The molecule has 0 aliphatic carbocycles. The van der Waals surface area contributed by atoms with E-state index >= 15 is 0 Å². The number of methoxy groups -OCH3 is 1. The average Bonchev–Trinajstić information content (AvgIpc) is 2.71. The first-order valence-electron chi connectivity index (χ1n) is 4.88. The standard InChI is InChI=1S/C11H13N3O2/c1-7-3-4-8(12)5-9(7)11-13-10(6-15-2)14-16-11/h3-5H,6,12H2,1-2H3. The Morgan fingerprint density at radius 1 is 1.44 bits per heavy atom. The molecule has 0 saturated carbocycles. The van der Waals surface area contributed by atoms with Gasteiger partial charge in [0.25, 0.3) is 5.89 Å². The van der Waals surface area contributed by atoms with Crippen molar-refractivity contribution >= 4 is 5.69 Å². The minimum atomic E-state index is 0.338. The number of nitrogens with two attached hydrogens (primary N) is 1. The van der Waals surface area contributed by atoms with Gasteiger partial charge in [-0.2, -0.15) is 4.98 Å². The number of rotatable bonds is 3. The fourth-order valence-electron chi connectivity index (χ4n) is 1.42. The molecule has 1 aromatic heterocycles. The first-order valence-corrected chi connectivity index (χ1v) is 4.88. The summed E-state index contributed by atoms with van der Waals surface area (Å²) in [5.41, 5.74) is 8.29. The highest BCUT2D eigenvalue weighted by Crippen LogP contribution is 2.23. The third-order valence-electron chi connectivity index (χ3n) is 2.23. The van der Waals surface area contributed by atoms with Crippen molar-refractivity contribution in [2.75, 3.05) is 12.8 Å². The molecule has 0 bridgehead atoms. The van der Waals surface area contributed by atoms with Crippen LogP contribution in [0, 0.1) is 6.92 Å². The number of nitrogen functional groups attached to an aromatic ring is 1. The molecule has 84 valence electrons. The van der Waals surface area contributed by atoms with Crippen molar-refractivity contribution in [1.82, 2.24) is 10.1 Å². The molecule has 2 aromatic rings. The molecule has 0 spiro atoms. The molecule has 0 fully saturated rings. The molecule has 0 radical (unpaired) electrons. The highest BCUT2D eigenvalue weighted by molar-refractivity contribution is 5.63. The van der Waals surface area contributed by atoms with Gasteiger partial charge >= 0.3 is 0 Å². The molecule has 0 saturated heterocycles. The van der Waals surface area contributed by atoms with Gasteiger partial charge in [-0.25, -0.2) is 0 Å². The van der Waals surface area contributed by atoms with Crippen molar-refractivity contribution in [3.05, 3.63) is 29.6 Å². The molecule has 0 aliphatic rings. The van der Waals surface area contributed by atoms with Gasteiger partial charge in [0.1, 0.15) is 6.61 Å². The van der Waals surface area contributed by atoms with Gasteiger partial charge in [0.05, 0.1) is 0 Å². The maximum absolute atomic E-state index is 5.72. The molecule has 1 aromatic carbocycles. The predicted octanol–water partition coefficient (Wildman–Crippen LogP) is 1.77. The lowest BCUT2D eigenvalue weighted by atomic mass is 10.1. The van der Waals surface area contributed by atoms with Crippen LogP contribution in [0.1, 0.15) is 11.4 Å². The van der Waals surface area contributed by atoms with E-state index in [2.05, 4.69) is 10.1 Å². The zero-order valence-corrected chi connectivity index (χ0v) is 9.23. The van der Waals surface area contributed by atoms with Gasteiger partial charge in [-0.1, -0.05) is 11.2 Å². The summed E-state index contributed by atoms with van der Waals surface area (Å²) in [5, 5.41) is 3.80.